The fourth-order valence-corrected chi connectivity index (χ4v) is 3.50. The van der Waals surface area contributed by atoms with E-state index in [1.54, 1.807) is 24.3 Å². The number of nitrogens with one attached hydrogen (secondary N) is 4. The quantitative estimate of drug-likeness (QED) is 0.298. The van der Waals surface area contributed by atoms with Crippen LogP contribution < -0.4 is 21.3 Å². The van der Waals surface area contributed by atoms with E-state index in [1.807, 2.05) is 26.2 Å². The molecule has 4 amide bonds. The molecule has 9 nitrogen and oxygen atoms in total. The molecule has 178 valence electrons. The maximum Gasteiger partial charge on any atom is 0.326 e. The summed E-state index contributed by atoms with van der Waals surface area (Å²) in [7, 11) is 1.45. The molecule has 0 heterocycles. The minimum absolute atomic E-state index is 0.0694. The van der Waals surface area contributed by atoms with E-state index in [0.29, 0.717) is 18.6 Å². The highest BCUT2D eigenvalue weighted by Crippen LogP contribution is 2.09. The minimum Gasteiger partial charge on any atom is -0.480 e. The first kappa shape index (κ1) is 27.3. The monoisotopic (exact) mass is 466 g/mol. The molecule has 5 N–H and O–H groups in total. The lowest BCUT2D eigenvalue weighted by Crippen LogP contribution is -2.57. The van der Waals surface area contributed by atoms with Crippen LogP contribution in [0.25, 0.3) is 0 Å². The highest BCUT2D eigenvalue weighted by molar-refractivity contribution is 7.98. The van der Waals surface area contributed by atoms with Crippen LogP contribution >= 0.6 is 11.8 Å². The highest BCUT2D eigenvalue weighted by Gasteiger charge is 2.30. The molecule has 0 fully saturated rings. The Hall–Kier alpha value is -2.75. The van der Waals surface area contributed by atoms with Gasteiger partial charge in [-0.3, -0.25) is 9.59 Å². The first-order valence-corrected chi connectivity index (χ1v) is 11.9. The zero-order valence-electron chi connectivity index (χ0n) is 19.0. The predicted octanol–water partition coefficient (Wildman–Crippen LogP) is 1.38. The van der Waals surface area contributed by atoms with Crippen molar-refractivity contribution in [1.82, 2.24) is 21.3 Å². The number of thioether (sulfide) groups is 1. The van der Waals surface area contributed by atoms with Gasteiger partial charge >= 0.3 is 12.0 Å². The number of carbonyl (C=O) groups is 4. The van der Waals surface area contributed by atoms with Crippen LogP contribution in [0.5, 0.6) is 0 Å². The first-order chi connectivity index (χ1) is 15.2. The maximum absolute atomic E-state index is 12.9. The molecule has 1 rings (SSSR count). The minimum atomic E-state index is -1.16. The molecule has 0 spiro atoms. The van der Waals surface area contributed by atoms with Gasteiger partial charge in [-0.25, -0.2) is 9.59 Å². The largest absolute Gasteiger partial charge is 0.480 e. The third-order valence-electron chi connectivity index (χ3n) is 4.70. The first-order valence-electron chi connectivity index (χ1n) is 10.5. The summed E-state index contributed by atoms with van der Waals surface area (Å²) in [5.74, 6) is -1.50. The molecule has 0 bridgehead atoms. The van der Waals surface area contributed by atoms with Crippen molar-refractivity contribution < 1.29 is 24.3 Å². The number of carboxylic acids is 1. The lowest BCUT2D eigenvalue weighted by atomic mass is 10.0. The molecule has 0 aromatic heterocycles. The smallest absolute Gasteiger partial charge is 0.326 e. The normalized spacial score (nSPS) is 13.5. The second kappa shape index (κ2) is 14.3. The Labute approximate surface area is 193 Å². The Bertz CT molecular complexity index is 760. The van der Waals surface area contributed by atoms with Crippen LogP contribution in [0.4, 0.5) is 4.79 Å². The van der Waals surface area contributed by atoms with Gasteiger partial charge in [0.25, 0.3) is 0 Å². The van der Waals surface area contributed by atoms with Crippen molar-refractivity contribution >= 4 is 35.6 Å². The standard InChI is InChI=1S/C22H34N4O5S/c1-14(2)12-17(24-19(27)16(10-11-32-4)26-22(31)23-3)20(28)25-18(21(29)30)13-15-8-6-5-7-9-15/h5-9,14,16-18H,10-13H2,1-4H3,(H,24,27)(H,25,28)(H,29,30)(H2,23,26,31)/t16-,17-,18-/m0/s1. The lowest BCUT2D eigenvalue weighted by molar-refractivity contribution is -0.142. The molecule has 3 atom stereocenters. The molecule has 0 saturated carbocycles. The van der Waals surface area contributed by atoms with E-state index in [2.05, 4.69) is 21.3 Å². The van der Waals surface area contributed by atoms with Crippen LogP contribution in [-0.2, 0) is 20.8 Å². The van der Waals surface area contributed by atoms with Crippen LogP contribution in [0.15, 0.2) is 30.3 Å². The molecule has 32 heavy (non-hydrogen) atoms. The van der Waals surface area contributed by atoms with Gasteiger partial charge in [0, 0.05) is 13.5 Å². The summed E-state index contributed by atoms with van der Waals surface area (Å²) in [5, 5.41) is 19.8. The van der Waals surface area contributed by atoms with Gasteiger partial charge in [-0.2, -0.15) is 11.8 Å². The van der Waals surface area contributed by atoms with Gasteiger partial charge in [0.2, 0.25) is 11.8 Å². The molecule has 0 unspecified atom stereocenters. The summed E-state index contributed by atoms with van der Waals surface area (Å²) in [6.45, 7) is 3.80. The molecule has 0 radical (unpaired) electrons. The second-order valence-electron chi connectivity index (χ2n) is 7.84. The van der Waals surface area contributed by atoms with Crippen molar-refractivity contribution in [1.29, 1.82) is 0 Å². The molecular weight excluding hydrogens is 432 g/mol. The van der Waals surface area contributed by atoms with Gasteiger partial charge in [-0.1, -0.05) is 44.2 Å². The van der Waals surface area contributed by atoms with Gasteiger partial charge in [-0.05, 0) is 36.3 Å². The van der Waals surface area contributed by atoms with Crippen LogP contribution in [0.2, 0.25) is 0 Å². The van der Waals surface area contributed by atoms with Crippen molar-refractivity contribution in [3.05, 3.63) is 35.9 Å². The van der Waals surface area contributed by atoms with E-state index < -0.39 is 41.9 Å². The Morgan fingerprint density at radius 3 is 2.06 bits per heavy atom. The molecule has 0 saturated heterocycles. The Kier molecular flexibility index (Phi) is 12.2. The molecular formula is C22H34N4O5S. The average Bonchev–Trinajstić information content (AvgIpc) is 2.75. The zero-order valence-corrected chi connectivity index (χ0v) is 19.8. The SMILES string of the molecule is CNC(=O)N[C@@H](CCSC)C(=O)N[C@@H](CC(C)C)C(=O)N[C@@H](Cc1ccccc1)C(=O)O. The number of benzene rings is 1. The molecule has 1 aromatic carbocycles. The van der Waals surface area contributed by atoms with Crippen LogP contribution in [0, 0.1) is 5.92 Å². The van der Waals surface area contributed by atoms with Crippen molar-refractivity contribution in [2.75, 3.05) is 19.1 Å². The van der Waals surface area contributed by atoms with Crippen molar-refractivity contribution in [3.8, 4) is 0 Å². The summed E-state index contributed by atoms with van der Waals surface area (Å²) in [4.78, 5) is 49.2. The van der Waals surface area contributed by atoms with Crippen molar-refractivity contribution in [2.45, 2.75) is 51.2 Å². The third-order valence-corrected chi connectivity index (χ3v) is 5.34. The number of urea groups is 1. The zero-order chi connectivity index (χ0) is 24.1. The van der Waals surface area contributed by atoms with Crippen LogP contribution in [0.3, 0.4) is 0 Å². The molecule has 1 aromatic rings. The topological polar surface area (TPSA) is 137 Å². The average molecular weight is 467 g/mol. The fourth-order valence-electron chi connectivity index (χ4n) is 3.03. The number of amides is 4. The third kappa shape index (κ3) is 10.0. The van der Waals surface area contributed by atoms with E-state index in [-0.39, 0.29) is 12.3 Å². The highest BCUT2D eigenvalue weighted by atomic mass is 32.2. The summed E-state index contributed by atoms with van der Waals surface area (Å²) in [6.07, 6.45) is 2.73. The summed E-state index contributed by atoms with van der Waals surface area (Å²) in [5.41, 5.74) is 0.775. The number of carbonyl (C=O) groups excluding carboxylic acids is 3. The van der Waals surface area contributed by atoms with Gasteiger partial charge < -0.3 is 26.4 Å². The predicted molar refractivity (Wildman–Crippen MR) is 125 cm³/mol. The molecule has 0 aliphatic rings. The Morgan fingerprint density at radius 2 is 1.53 bits per heavy atom. The van der Waals surface area contributed by atoms with Crippen LogP contribution in [0.1, 0.15) is 32.3 Å². The maximum atomic E-state index is 12.9. The number of carboxylic acid groups (broad SMARTS) is 1. The molecule has 10 heteroatoms. The van der Waals surface area contributed by atoms with Gasteiger partial charge in [0.1, 0.15) is 18.1 Å². The van der Waals surface area contributed by atoms with E-state index in [4.69, 9.17) is 0 Å². The van der Waals surface area contributed by atoms with Crippen molar-refractivity contribution in [3.63, 3.8) is 0 Å². The second-order valence-corrected chi connectivity index (χ2v) is 8.82. The number of hydrogen-bond acceptors (Lipinski definition) is 5. The summed E-state index contributed by atoms with van der Waals surface area (Å²) >= 11 is 1.53. The van der Waals surface area contributed by atoms with Gasteiger partial charge in [0.05, 0.1) is 0 Å². The molecule has 0 aliphatic heterocycles. The van der Waals surface area contributed by atoms with E-state index >= 15 is 0 Å². The molecule has 0 aliphatic carbocycles. The Morgan fingerprint density at radius 1 is 0.938 bits per heavy atom. The fraction of sp³-hybridized carbons (Fsp3) is 0.545. The van der Waals surface area contributed by atoms with Crippen molar-refractivity contribution in [2.24, 2.45) is 5.92 Å². The summed E-state index contributed by atoms with van der Waals surface area (Å²) < 4.78 is 0. The van der Waals surface area contributed by atoms with Gasteiger partial charge in [-0.15, -0.1) is 0 Å². The van der Waals surface area contributed by atoms with Gasteiger partial charge in [0.15, 0.2) is 0 Å². The van der Waals surface area contributed by atoms with E-state index in [1.165, 1.54) is 18.8 Å². The van der Waals surface area contributed by atoms with E-state index in [9.17, 15) is 24.3 Å². The number of aliphatic carboxylic acids is 1. The summed E-state index contributed by atoms with van der Waals surface area (Å²) in [6, 6.07) is 5.63. The Balaban J connectivity index is 2.93. The number of rotatable bonds is 13. The van der Waals surface area contributed by atoms with Crippen LogP contribution in [-0.4, -0.2) is 66.1 Å². The lowest BCUT2D eigenvalue weighted by Gasteiger charge is -2.25. The van der Waals surface area contributed by atoms with E-state index in [0.717, 1.165) is 5.56 Å². The number of hydrogen-bond donors (Lipinski definition) is 5.